The molecular formula is C15H22F3IN4O. The molecule has 0 aromatic heterocycles. The molecular weight excluding hydrogens is 436 g/mol. The summed E-state index contributed by atoms with van der Waals surface area (Å²) in [4.78, 5) is 15.6. The van der Waals surface area contributed by atoms with E-state index in [1.54, 1.807) is 31.3 Å². The Kier molecular flexibility index (Phi) is 10.4. The zero-order valence-corrected chi connectivity index (χ0v) is 15.9. The van der Waals surface area contributed by atoms with Crippen LogP contribution in [0.1, 0.15) is 29.3 Å². The lowest BCUT2D eigenvalue weighted by Crippen LogP contribution is -2.38. The predicted molar refractivity (Wildman–Crippen MR) is 98.7 cm³/mol. The summed E-state index contributed by atoms with van der Waals surface area (Å²) in [5.41, 5.74) is 1.39. The van der Waals surface area contributed by atoms with Gasteiger partial charge in [0, 0.05) is 25.7 Å². The number of hydrogen-bond donors (Lipinski definition) is 3. The Labute approximate surface area is 156 Å². The highest BCUT2D eigenvalue weighted by Crippen LogP contribution is 2.18. The SMILES string of the molecule is CCNC(=NCc1ccc(C(=O)NC)cc1)NCCC(F)(F)F.I. The van der Waals surface area contributed by atoms with Crippen LogP contribution in [0, 0.1) is 0 Å². The van der Waals surface area contributed by atoms with Crippen LogP contribution in [0.5, 0.6) is 0 Å². The van der Waals surface area contributed by atoms with Gasteiger partial charge >= 0.3 is 6.18 Å². The summed E-state index contributed by atoms with van der Waals surface area (Å²) in [5.74, 6) is 0.148. The van der Waals surface area contributed by atoms with Gasteiger partial charge < -0.3 is 16.0 Å². The first-order chi connectivity index (χ1) is 10.9. The molecule has 0 heterocycles. The van der Waals surface area contributed by atoms with E-state index in [0.29, 0.717) is 24.6 Å². The molecule has 0 saturated heterocycles. The first-order valence-electron chi connectivity index (χ1n) is 7.25. The monoisotopic (exact) mass is 458 g/mol. The van der Waals surface area contributed by atoms with Gasteiger partial charge in [0.1, 0.15) is 0 Å². The molecule has 3 N–H and O–H groups in total. The Morgan fingerprint density at radius 3 is 2.29 bits per heavy atom. The average Bonchev–Trinajstić information content (AvgIpc) is 2.51. The van der Waals surface area contributed by atoms with Gasteiger partial charge in [-0.05, 0) is 24.6 Å². The van der Waals surface area contributed by atoms with Crippen LogP contribution in [0.4, 0.5) is 13.2 Å². The molecule has 1 aromatic rings. The first kappa shape index (κ1) is 22.5. The fourth-order valence-electron chi connectivity index (χ4n) is 1.74. The Hall–Kier alpha value is -1.52. The highest BCUT2D eigenvalue weighted by molar-refractivity contribution is 14.0. The molecule has 0 aliphatic carbocycles. The Bertz CT molecular complexity index is 533. The zero-order chi connectivity index (χ0) is 17.3. The minimum Gasteiger partial charge on any atom is -0.357 e. The molecule has 9 heteroatoms. The highest BCUT2D eigenvalue weighted by Gasteiger charge is 2.26. The minimum atomic E-state index is -4.19. The lowest BCUT2D eigenvalue weighted by atomic mass is 10.1. The quantitative estimate of drug-likeness (QED) is 0.349. The molecule has 0 unspecified atom stereocenters. The maximum atomic E-state index is 12.1. The van der Waals surface area contributed by atoms with Gasteiger partial charge in [0.25, 0.3) is 5.91 Å². The van der Waals surface area contributed by atoms with Crippen molar-refractivity contribution < 1.29 is 18.0 Å². The summed E-state index contributed by atoms with van der Waals surface area (Å²) in [5, 5.41) is 8.05. The fourth-order valence-corrected chi connectivity index (χ4v) is 1.74. The molecule has 1 aromatic carbocycles. The largest absolute Gasteiger partial charge is 0.390 e. The number of guanidine groups is 1. The van der Waals surface area contributed by atoms with Crippen LogP contribution < -0.4 is 16.0 Å². The van der Waals surface area contributed by atoms with E-state index in [4.69, 9.17) is 0 Å². The molecule has 0 radical (unpaired) electrons. The molecule has 0 aliphatic rings. The van der Waals surface area contributed by atoms with Crippen LogP contribution in [-0.2, 0) is 6.54 Å². The van der Waals surface area contributed by atoms with Crippen LogP contribution in [0.3, 0.4) is 0 Å². The molecule has 0 atom stereocenters. The minimum absolute atomic E-state index is 0. The number of nitrogens with one attached hydrogen (secondary N) is 3. The lowest BCUT2D eigenvalue weighted by molar-refractivity contribution is -0.132. The summed E-state index contributed by atoms with van der Waals surface area (Å²) in [7, 11) is 1.55. The van der Waals surface area contributed by atoms with Gasteiger partial charge in [-0.15, -0.1) is 24.0 Å². The van der Waals surface area contributed by atoms with Crippen molar-refractivity contribution >= 4 is 35.8 Å². The zero-order valence-electron chi connectivity index (χ0n) is 13.5. The van der Waals surface area contributed by atoms with Crippen LogP contribution in [-0.4, -0.2) is 38.2 Å². The third kappa shape index (κ3) is 8.94. The maximum Gasteiger partial charge on any atom is 0.390 e. The number of amides is 1. The van der Waals surface area contributed by atoms with E-state index in [2.05, 4.69) is 20.9 Å². The number of rotatable bonds is 6. The fraction of sp³-hybridized carbons (Fsp3) is 0.467. The number of carbonyl (C=O) groups is 1. The van der Waals surface area contributed by atoms with E-state index in [1.165, 1.54) is 0 Å². The number of aliphatic imine (C=N–C) groups is 1. The number of halogens is 4. The Balaban J connectivity index is 0.00000529. The van der Waals surface area contributed by atoms with E-state index in [0.717, 1.165) is 5.56 Å². The van der Waals surface area contributed by atoms with Gasteiger partial charge in [-0.1, -0.05) is 12.1 Å². The molecule has 0 fully saturated rings. The standard InChI is InChI=1S/C15H21F3N4O.HI/c1-3-20-14(21-9-8-15(16,17)18)22-10-11-4-6-12(7-5-11)13(23)19-2;/h4-7H,3,8-10H2,1-2H3,(H,19,23)(H2,20,21,22);1H. The van der Waals surface area contributed by atoms with E-state index in [9.17, 15) is 18.0 Å². The third-order valence-electron chi connectivity index (χ3n) is 2.91. The second-order valence-corrected chi connectivity index (χ2v) is 4.76. The van der Waals surface area contributed by atoms with Crippen molar-refractivity contribution in [1.29, 1.82) is 0 Å². The van der Waals surface area contributed by atoms with Crippen LogP contribution in [0.25, 0.3) is 0 Å². The average molecular weight is 458 g/mol. The van der Waals surface area contributed by atoms with Crippen molar-refractivity contribution in [3.8, 4) is 0 Å². The maximum absolute atomic E-state index is 12.1. The number of hydrogen-bond acceptors (Lipinski definition) is 2. The van der Waals surface area contributed by atoms with Gasteiger partial charge in [0.05, 0.1) is 13.0 Å². The van der Waals surface area contributed by atoms with Crippen molar-refractivity contribution in [2.75, 3.05) is 20.1 Å². The number of benzene rings is 1. The molecule has 0 saturated carbocycles. The van der Waals surface area contributed by atoms with Gasteiger partial charge in [0.15, 0.2) is 5.96 Å². The summed E-state index contributed by atoms with van der Waals surface area (Å²) < 4.78 is 36.4. The molecule has 24 heavy (non-hydrogen) atoms. The Morgan fingerprint density at radius 1 is 1.17 bits per heavy atom. The normalized spacial score (nSPS) is 11.5. The first-order valence-corrected chi connectivity index (χ1v) is 7.25. The number of alkyl halides is 3. The third-order valence-corrected chi connectivity index (χ3v) is 2.91. The Morgan fingerprint density at radius 2 is 1.79 bits per heavy atom. The van der Waals surface area contributed by atoms with Gasteiger partial charge in [-0.3, -0.25) is 4.79 Å². The summed E-state index contributed by atoms with van der Waals surface area (Å²) in [6.07, 6.45) is -5.11. The van der Waals surface area contributed by atoms with Gasteiger partial charge in [-0.2, -0.15) is 13.2 Å². The van der Waals surface area contributed by atoms with E-state index in [1.807, 2.05) is 6.92 Å². The second-order valence-electron chi connectivity index (χ2n) is 4.76. The van der Waals surface area contributed by atoms with Crippen LogP contribution in [0.2, 0.25) is 0 Å². The summed E-state index contributed by atoms with van der Waals surface area (Å²) >= 11 is 0. The van der Waals surface area contributed by atoms with Crippen LogP contribution in [0.15, 0.2) is 29.3 Å². The lowest BCUT2D eigenvalue weighted by Gasteiger charge is -2.12. The van der Waals surface area contributed by atoms with E-state index >= 15 is 0 Å². The second kappa shape index (κ2) is 11.1. The van der Waals surface area contributed by atoms with Crippen molar-refractivity contribution in [1.82, 2.24) is 16.0 Å². The van der Waals surface area contributed by atoms with E-state index in [-0.39, 0.29) is 36.4 Å². The molecule has 0 bridgehead atoms. The van der Waals surface area contributed by atoms with Gasteiger partial charge in [-0.25, -0.2) is 4.99 Å². The molecule has 136 valence electrons. The molecule has 5 nitrogen and oxygen atoms in total. The summed E-state index contributed by atoms with van der Waals surface area (Å²) in [6.45, 7) is 2.45. The predicted octanol–water partition coefficient (Wildman–Crippen LogP) is 2.67. The molecule has 1 amide bonds. The van der Waals surface area contributed by atoms with Gasteiger partial charge in [0.2, 0.25) is 0 Å². The smallest absolute Gasteiger partial charge is 0.357 e. The highest BCUT2D eigenvalue weighted by atomic mass is 127. The molecule has 0 spiro atoms. The number of carbonyl (C=O) groups excluding carboxylic acids is 1. The van der Waals surface area contributed by atoms with Crippen LogP contribution >= 0.6 is 24.0 Å². The van der Waals surface area contributed by atoms with Crippen molar-refractivity contribution in [3.63, 3.8) is 0 Å². The topological polar surface area (TPSA) is 65.5 Å². The number of nitrogens with zero attached hydrogens (tertiary/aromatic N) is 1. The van der Waals surface area contributed by atoms with Crippen molar-refractivity contribution in [2.45, 2.75) is 26.1 Å². The van der Waals surface area contributed by atoms with Crippen molar-refractivity contribution in [3.05, 3.63) is 35.4 Å². The molecule has 1 rings (SSSR count). The summed E-state index contributed by atoms with van der Waals surface area (Å²) in [6, 6.07) is 6.86. The van der Waals surface area contributed by atoms with Crippen molar-refractivity contribution in [2.24, 2.45) is 4.99 Å². The molecule has 0 aliphatic heterocycles. The van der Waals surface area contributed by atoms with E-state index < -0.39 is 12.6 Å².